The second kappa shape index (κ2) is 7.79. The number of rotatable bonds is 4. The third kappa shape index (κ3) is 4.53. The molecule has 0 radical (unpaired) electrons. The maximum atomic E-state index is 12.5. The van der Waals surface area contributed by atoms with E-state index in [-0.39, 0.29) is 23.4 Å². The lowest BCUT2D eigenvalue weighted by Gasteiger charge is -2.29. The summed E-state index contributed by atoms with van der Waals surface area (Å²) in [5, 5.41) is 17.1. The molecule has 0 spiro atoms. The van der Waals surface area contributed by atoms with Crippen molar-refractivity contribution < 1.29 is 27.3 Å². The average molecular weight is 396 g/mol. The highest BCUT2D eigenvalue weighted by molar-refractivity contribution is 5.91. The Hall–Kier alpha value is -3.24. The van der Waals surface area contributed by atoms with Gasteiger partial charge in [-0.2, -0.15) is 13.2 Å². The van der Waals surface area contributed by atoms with Crippen molar-refractivity contribution >= 4 is 17.7 Å². The second-order valence-corrected chi connectivity index (χ2v) is 6.22. The molecule has 0 saturated carbocycles. The zero-order valence-corrected chi connectivity index (χ0v) is 14.4. The molecule has 1 aliphatic rings. The van der Waals surface area contributed by atoms with Crippen molar-refractivity contribution in [2.45, 2.75) is 24.9 Å². The van der Waals surface area contributed by atoms with E-state index in [0.29, 0.717) is 31.5 Å². The fourth-order valence-corrected chi connectivity index (χ4v) is 2.84. The lowest BCUT2D eigenvalue weighted by molar-refractivity contribution is -0.384. The first-order valence-corrected chi connectivity index (χ1v) is 8.36. The van der Waals surface area contributed by atoms with Crippen LogP contribution in [-0.4, -0.2) is 39.0 Å². The topological polar surface area (TPSA) is 102 Å². The molecular weight excluding hydrogens is 381 g/mol. The average Bonchev–Trinajstić information content (AvgIpc) is 3.17. The number of non-ortho nitro benzene ring substituents is 1. The molecule has 2 heterocycles. The zero-order chi connectivity index (χ0) is 20.3. The predicted octanol–water partition coefficient (Wildman–Crippen LogP) is 3.42. The number of halogens is 3. The Kier molecular flexibility index (Phi) is 5.43. The quantitative estimate of drug-likeness (QED) is 0.446. The van der Waals surface area contributed by atoms with Gasteiger partial charge in [0.2, 0.25) is 11.8 Å². The minimum absolute atomic E-state index is 0.0414. The summed E-state index contributed by atoms with van der Waals surface area (Å²) in [5.74, 6) is -2.02. The largest absolute Gasteiger partial charge is 0.470 e. The number of hydrogen-bond donors (Lipinski definition) is 0. The number of nitro groups is 1. The SMILES string of the molecule is O=C(/C=C/c1ccc([N+](=O)[O-])cc1)N1CCC(c2nnc(C(F)(F)F)o2)CC1. The molecule has 11 heteroatoms. The number of nitrogens with zero attached hydrogens (tertiary/aromatic N) is 4. The molecular formula is C17H15F3N4O4. The Bertz CT molecular complexity index is 885. The normalized spacial score (nSPS) is 15.9. The minimum atomic E-state index is -4.68. The van der Waals surface area contributed by atoms with E-state index in [1.165, 1.54) is 30.3 Å². The van der Waals surface area contributed by atoms with E-state index in [9.17, 15) is 28.1 Å². The van der Waals surface area contributed by atoms with E-state index in [1.807, 2.05) is 0 Å². The molecule has 28 heavy (non-hydrogen) atoms. The molecule has 0 unspecified atom stereocenters. The van der Waals surface area contributed by atoms with Crippen LogP contribution in [0.25, 0.3) is 6.08 Å². The molecule has 8 nitrogen and oxygen atoms in total. The molecule has 1 fully saturated rings. The number of alkyl halides is 3. The monoisotopic (exact) mass is 396 g/mol. The molecule has 1 saturated heterocycles. The maximum Gasteiger partial charge on any atom is 0.470 e. The number of nitro benzene ring substituents is 1. The van der Waals surface area contributed by atoms with Gasteiger partial charge in [0.25, 0.3) is 5.69 Å². The number of benzene rings is 1. The van der Waals surface area contributed by atoms with Crippen molar-refractivity contribution in [1.29, 1.82) is 0 Å². The van der Waals surface area contributed by atoms with Gasteiger partial charge in [-0.3, -0.25) is 14.9 Å². The maximum absolute atomic E-state index is 12.5. The van der Waals surface area contributed by atoms with Gasteiger partial charge in [-0.25, -0.2) is 0 Å². The van der Waals surface area contributed by atoms with Gasteiger partial charge in [-0.05, 0) is 36.6 Å². The Morgan fingerprint density at radius 3 is 2.39 bits per heavy atom. The summed E-state index contributed by atoms with van der Waals surface area (Å²) < 4.78 is 42.3. The molecule has 0 N–H and O–H groups in total. The fraction of sp³-hybridized carbons (Fsp3) is 0.353. The number of likely N-dealkylation sites (tertiary alicyclic amines) is 1. The van der Waals surface area contributed by atoms with Gasteiger partial charge in [-0.1, -0.05) is 0 Å². The number of aromatic nitrogens is 2. The van der Waals surface area contributed by atoms with Crippen LogP contribution in [0, 0.1) is 10.1 Å². The molecule has 1 amide bonds. The van der Waals surface area contributed by atoms with E-state index >= 15 is 0 Å². The van der Waals surface area contributed by atoms with Gasteiger partial charge in [0.05, 0.1) is 4.92 Å². The van der Waals surface area contributed by atoms with Crippen LogP contribution >= 0.6 is 0 Å². The van der Waals surface area contributed by atoms with E-state index in [4.69, 9.17) is 4.42 Å². The fourth-order valence-electron chi connectivity index (χ4n) is 2.84. The van der Waals surface area contributed by atoms with Crippen molar-refractivity contribution in [1.82, 2.24) is 15.1 Å². The lowest BCUT2D eigenvalue weighted by atomic mass is 9.97. The van der Waals surface area contributed by atoms with Crippen LogP contribution in [-0.2, 0) is 11.0 Å². The number of hydrogen-bond acceptors (Lipinski definition) is 6. The number of carbonyl (C=O) groups excluding carboxylic acids is 1. The highest BCUT2D eigenvalue weighted by Crippen LogP contribution is 2.32. The molecule has 1 aromatic heterocycles. The third-order valence-corrected chi connectivity index (χ3v) is 4.36. The first kappa shape index (κ1) is 19.5. The highest BCUT2D eigenvalue weighted by Gasteiger charge is 2.39. The second-order valence-electron chi connectivity index (χ2n) is 6.22. The van der Waals surface area contributed by atoms with Gasteiger partial charge >= 0.3 is 12.1 Å². The summed E-state index contributed by atoms with van der Waals surface area (Å²) in [6.07, 6.45) is -0.945. The van der Waals surface area contributed by atoms with Crippen LogP contribution in [0.4, 0.5) is 18.9 Å². The molecule has 0 bridgehead atoms. The molecule has 1 aromatic carbocycles. The van der Waals surface area contributed by atoms with Gasteiger partial charge in [0, 0.05) is 37.2 Å². The van der Waals surface area contributed by atoms with Crippen LogP contribution in [0.15, 0.2) is 34.8 Å². The molecule has 3 rings (SSSR count). The van der Waals surface area contributed by atoms with Crippen LogP contribution in [0.3, 0.4) is 0 Å². The van der Waals surface area contributed by atoms with E-state index in [0.717, 1.165) is 0 Å². The Morgan fingerprint density at radius 1 is 1.21 bits per heavy atom. The van der Waals surface area contributed by atoms with Crippen molar-refractivity contribution in [3.63, 3.8) is 0 Å². The smallest absolute Gasteiger partial charge is 0.417 e. The number of carbonyl (C=O) groups is 1. The van der Waals surface area contributed by atoms with Crippen LogP contribution < -0.4 is 0 Å². The molecule has 0 atom stereocenters. The summed E-state index contributed by atoms with van der Waals surface area (Å²) in [6.45, 7) is 0.690. The van der Waals surface area contributed by atoms with Crippen LogP contribution in [0.1, 0.15) is 36.1 Å². The highest BCUT2D eigenvalue weighted by atomic mass is 19.4. The lowest BCUT2D eigenvalue weighted by Crippen LogP contribution is -2.36. The predicted molar refractivity (Wildman–Crippen MR) is 90.0 cm³/mol. The summed E-state index contributed by atoms with van der Waals surface area (Å²) in [5.41, 5.74) is 0.597. The third-order valence-electron chi connectivity index (χ3n) is 4.36. The summed E-state index contributed by atoms with van der Waals surface area (Å²) in [6, 6.07) is 5.74. The van der Waals surface area contributed by atoms with Gasteiger partial charge in [0.15, 0.2) is 0 Å². The standard InChI is InChI=1S/C17H15F3N4O4/c18-17(19,20)16-22-21-15(28-16)12-7-9-23(10-8-12)14(25)6-3-11-1-4-13(5-2-11)24(26)27/h1-6,12H,7-10H2/b6-3+. The van der Waals surface area contributed by atoms with Gasteiger partial charge < -0.3 is 9.32 Å². The minimum Gasteiger partial charge on any atom is -0.417 e. The van der Waals surface area contributed by atoms with Crippen molar-refractivity contribution in [2.24, 2.45) is 0 Å². The van der Waals surface area contributed by atoms with Crippen molar-refractivity contribution in [3.8, 4) is 0 Å². The molecule has 1 aliphatic heterocycles. The molecule has 0 aliphatic carbocycles. The molecule has 148 valence electrons. The van der Waals surface area contributed by atoms with Crippen molar-refractivity contribution in [3.05, 3.63) is 57.8 Å². The van der Waals surface area contributed by atoms with E-state index in [1.54, 1.807) is 11.0 Å². The van der Waals surface area contributed by atoms with Crippen LogP contribution in [0.2, 0.25) is 0 Å². The van der Waals surface area contributed by atoms with Gasteiger partial charge in [0.1, 0.15) is 0 Å². The van der Waals surface area contributed by atoms with Crippen molar-refractivity contribution in [2.75, 3.05) is 13.1 Å². The Morgan fingerprint density at radius 2 is 1.86 bits per heavy atom. The number of piperidine rings is 1. The molecule has 2 aromatic rings. The van der Waals surface area contributed by atoms with Crippen LogP contribution in [0.5, 0.6) is 0 Å². The summed E-state index contributed by atoms with van der Waals surface area (Å²) in [4.78, 5) is 23.9. The first-order valence-electron chi connectivity index (χ1n) is 8.36. The Labute approximate surface area is 156 Å². The first-order chi connectivity index (χ1) is 13.2. The van der Waals surface area contributed by atoms with E-state index < -0.39 is 17.0 Å². The number of amides is 1. The Balaban J connectivity index is 1.55. The van der Waals surface area contributed by atoms with Gasteiger partial charge in [-0.15, -0.1) is 10.2 Å². The zero-order valence-electron chi connectivity index (χ0n) is 14.4. The summed E-state index contributed by atoms with van der Waals surface area (Å²) >= 11 is 0. The van der Waals surface area contributed by atoms with E-state index in [2.05, 4.69) is 10.2 Å². The summed E-state index contributed by atoms with van der Waals surface area (Å²) in [7, 11) is 0.